The van der Waals surface area contributed by atoms with Crippen molar-refractivity contribution in [2.45, 2.75) is 27.3 Å². The van der Waals surface area contributed by atoms with Gasteiger partial charge in [-0.2, -0.15) is 5.10 Å². The molecule has 1 rings (SSSR count). The maximum atomic E-state index is 4.42. The number of aliphatic imine (C=N–C) groups is 1. The van der Waals surface area contributed by atoms with Crippen LogP contribution in [0.25, 0.3) is 0 Å². The molecule has 0 aliphatic rings. The number of likely N-dealkylation sites (N-methyl/N-ethyl adjacent to an activating group) is 1. The fraction of sp³-hybridized carbons (Fsp3) is 0.714. The van der Waals surface area contributed by atoms with Crippen molar-refractivity contribution in [3.05, 3.63) is 17.0 Å². The number of nitrogens with one attached hydrogen (secondary N) is 2. The average Bonchev–Trinajstić information content (AvgIpc) is 2.67. The molecule has 114 valence electrons. The average molecular weight is 280 g/mol. The summed E-state index contributed by atoms with van der Waals surface area (Å²) in [4.78, 5) is 6.50. The van der Waals surface area contributed by atoms with Crippen molar-refractivity contribution >= 4 is 5.96 Å². The highest BCUT2D eigenvalue weighted by molar-refractivity contribution is 5.79. The lowest BCUT2D eigenvalue weighted by Gasteiger charge is -2.16. The molecule has 6 nitrogen and oxygen atoms in total. The van der Waals surface area contributed by atoms with Gasteiger partial charge in [-0.3, -0.25) is 9.67 Å². The lowest BCUT2D eigenvalue weighted by atomic mass is 10.2. The summed E-state index contributed by atoms with van der Waals surface area (Å²) in [6, 6.07) is 0. The van der Waals surface area contributed by atoms with Crippen molar-refractivity contribution in [1.29, 1.82) is 0 Å². The summed E-state index contributed by atoms with van der Waals surface area (Å²) in [5, 5.41) is 11.1. The molecule has 0 saturated heterocycles. The number of guanidine groups is 1. The van der Waals surface area contributed by atoms with Crippen molar-refractivity contribution in [3.63, 3.8) is 0 Å². The first-order valence-electron chi connectivity index (χ1n) is 7.11. The van der Waals surface area contributed by atoms with Gasteiger partial charge in [0.05, 0.1) is 5.69 Å². The van der Waals surface area contributed by atoms with Crippen molar-refractivity contribution < 1.29 is 0 Å². The molecule has 6 heteroatoms. The molecule has 0 aliphatic heterocycles. The standard InChI is InChI=1S/C14H28N6/c1-7-19(5)9-8-16-14(15-4)17-10-13-11(2)18-20(6)12(13)3/h7-10H2,1-6H3,(H2,15,16,17). The number of aryl methyl sites for hydroxylation is 2. The summed E-state index contributed by atoms with van der Waals surface area (Å²) in [5.41, 5.74) is 3.50. The minimum absolute atomic E-state index is 0.745. The third kappa shape index (κ3) is 4.52. The Labute approximate surface area is 122 Å². The van der Waals surface area contributed by atoms with Crippen molar-refractivity contribution in [2.75, 3.05) is 33.7 Å². The van der Waals surface area contributed by atoms with E-state index in [1.807, 2.05) is 18.7 Å². The van der Waals surface area contributed by atoms with Gasteiger partial charge in [-0.25, -0.2) is 0 Å². The van der Waals surface area contributed by atoms with Crippen molar-refractivity contribution in [3.8, 4) is 0 Å². The molecule has 0 aliphatic carbocycles. The minimum atomic E-state index is 0.745. The van der Waals surface area contributed by atoms with Crippen LogP contribution in [-0.4, -0.2) is 54.4 Å². The van der Waals surface area contributed by atoms with Crippen molar-refractivity contribution in [2.24, 2.45) is 12.0 Å². The van der Waals surface area contributed by atoms with E-state index in [0.717, 1.165) is 37.8 Å². The van der Waals surface area contributed by atoms with Crippen LogP contribution in [0.4, 0.5) is 0 Å². The van der Waals surface area contributed by atoms with Gasteiger partial charge in [0, 0.05) is 45.0 Å². The molecule has 0 amide bonds. The Kier molecular flexibility index (Phi) is 6.51. The second-order valence-corrected chi connectivity index (χ2v) is 5.02. The Bertz CT molecular complexity index is 449. The predicted octanol–water partition coefficient (Wildman–Crippen LogP) is 0.654. The Morgan fingerprint density at radius 3 is 2.55 bits per heavy atom. The van der Waals surface area contributed by atoms with Crippen molar-refractivity contribution in [1.82, 2.24) is 25.3 Å². The highest BCUT2D eigenvalue weighted by atomic mass is 15.3. The highest BCUT2D eigenvalue weighted by Gasteiger charge is 2.09. The zero-order valence-corrected chi connectivity index (χ0v) is 13.6. The second kappa shape index (κ2) is 7.89. The molecule has 0 saturated carbocycles. The molecule has 1 aromatic heterocycles. The first-order valence-corrected chi connectivity index (χ1v) is 7.11. The molecule has 20 heavy (non-hydrogen) atoms. The number of aromatic nitrogens is 2. The zero-order chi connectivity index (χ0) is 15.1. The van der Waals surface area contributed by atoms with Crippen LogP contribution in [0.15, 0.2) is 4.99 Å². The van der Waals surface area contributed by atoms with Gasteiger partial charge in [-0.05, 0) is 27.4 Å². The molecule has 0 aromatic carbocycles. The second-order valence-electron chi connectivity index (χ2n) is 5.02. The van der Waals surface area contributed by atoms with E-state index in [0.29, 0.717) is 0 Å². The van der Waals surface area contributed by atoms with E-state index in [2.05, 4.69) is 46.5 Å². The summed E-state index contributed by atoms with van der Waals surface area (Å²) >= 11 is 0. The fourth-order valence-corrected chi connectivity index (χ4v) is 1.99. The zero-order valence-electron chi connectivity index (χ0n) is 13.6. The van der Waals surface area contributed by atoms with E-state index >= 15 is 0 Å². The van der Waals surface area contributed by atoms with E-state index in [1.165, 1.54) is 11.3 Å². The topological polar surface area (TPSA) is 57.5 Å². The molecule has 0 spiro atoms. The Hall–Kier alpha value is -1.56. The lowest BCUT2D eigenvalue weighted by Crippen LogP contribution is -2.40. The monoisotopic (exact) mass is 280 g/mol. The molecule has 0 atom stereocenters. The fourth-order valence-electron chi connectivity index (χ4n) is 1.99. The van der Waals surface area contributed by atoms with Crippen LogP contribution in [0.3, 0.4) is 0 Å². The van der Waals surface area contributed by atoms with E-state index in [9.17, 15) is 0 Å². The van der Waals surface area contributed by atoms with Gasteiger partial charge in [-0.15, -0.1) is 0 Å². The van der Waals surface area contributed by atoms with Gasteiger partial charge < -0.3 is 15.5 Å². The maximum Gasteiger partial charge on any atom is 0.191 e. The Balaban J connectivity index is 2.46. The summed E-state index contributed by atoms with van der Waals surface area (Å²) < 4.78 is 1.92. The number of rotatable bonds is 6. The summed E-state index contributed by atoms with van der Waals surface area (Å²) in [7, 11) is 5.88. The molecule has 0 fully saturated rings. The molecule has 1 heterocycles. The Morgan fingerprint density at radius 1 is 1.35 bits per heavy atom. The normalized spacial score (nSPS) is 12.1. The first-order chi connectivity index (χ1) is 9.49. The molecular weight excluding hydrogens is 252 g/mol. The predicted molar refractivity (Wildman–Crippen MR) is 84.1 cm³/mol. The van der Waals surface area contributed by atoms with Gasteiger partial charge in [0.25, 0.3) is 0 Å². The largest absolute Gasteiger partial charge is 0.355 e. The van der Waals surface area contributed by atoms with Gasteiger partial charge in [0.15, 0.2) is 5.96 Å². The molecule has 2 N–H and O–H groups in total. The lowest BCUT2D eigenvalue weighted by molar-refractivity contribution is 0.357. The quantitative estimate of drug-likeness (QED) is 0.593. The van der Waals surface area contributed by atoms with Gasteiger partial charge in [0.1, 0.15) is 0 Å². The third-order valence-corrected chi connectivity index (χ3v) is 3.64. The third-order valence-electron chi connectivity index (χ3n) is 3.64. The molecule has 1 aromatic rings. The first kappa shape index (κ1) is 16.5. The minimum Gasteiger partial charge on any atom is -0.355 e. The van der Waals surface area contributed by atoms with Crippen LogP contribution in [0.1, 0.15) is 23.9 Å². The number of hydrogen-bond acceptors (Lipinski definition) is 3. The van der Waals surface area contributed by atoms with E-state index in [1.54, 1.807) is 7.05 Å². The number of hydrogen-bond donors (Lipinski definition) is 2. The molecule has 0 radical (unpaired) electrons. The Morgan fingerprint density at radius 2 is 2.05 bits per heavy atom. The molecule has 0 unspecified atom stereocenters. The van der Waals surface area contributed by atoms with E-state index < -0.39 is 0 Å². The summed E-state index contributed by atoms with van der Waals surface area (Å²) in [6.07, 6.45) is 0. The summed E-state index contributed by atoms with van der Waals surface area (Å²) in [5.74, 6) is 0.831. The number of nitrogens with zero attached hydrogens (tertiary/aromatic N) is 4. The van der Waals surface area contributed by atoms with Gasteiger partial charge >= 0.3 is 0 Å². The van der Waals surface area contributed by atoms with E-state index in [4.69, 9.17) is 0 Å². The van der Waals surface area contributed by atoms with Crippen LogP contribution in [0.5, 0.6) is 0 Å². The van der Waals surface area contributed by atoms with Crippen LogP contribution in [0.2, 0.25) is 0 Å². The summed E-state index contributed by atoms with van der Waals surface area (Å²) in [6.45, 7) is 9.97. The van der Waals surface area contributed by atoms with Crippen LogP contribution < -0.4 is 10.6 Å². The highest BCUT2D eigenvalue weighted by Crippen LogP contribution is 2.10. The van der Waals surface area contributed by atoms with Crippen LogP contribution in [0, 0.1) is 13.8 Å². The van der Waals surface area contributed by atoms with Crippen LogP contribution in [-0.2, 0) is 13.6 Å². The van der Waals surface area contributed by atoms with Crippen LogP contribution >= 0.6 is 0 Å². The van der Waals surface area contributed by atoms with E-state index in [-0.39, 0.29) is 0 Å². The maximum absolute atomic E-state index is 4.42. The molecular formula is C14H28N6. The van der Waals surface area contributed by atoms with Gasteiger partial charge in [0.2, 0.25) is 0 Å². The molecule has 0 bridgehead atoms. The smallest absolute Gasteiger partial charge is 0.191 e. The SMILES string of the molecule is CCN(C)CCNC(=NC)NCc1c(C)nn(C)c1C. The van der Waals surface area contributed by atoms with Gasteiger partial charge in [-0.1, -0.05) is 6.92 Å².